The molecule has 1 aliphatic heterocycles. The van der Waals surface area contributed by atoms with E-state index in [0.29, 0.717) is 11.4 Å². The van der Waals surface area contributed by atoms with E-state index in [1.165, 1.54) is 0 Å². The fourth-order valence-corrected chi connectivity index (χ4v) is 1.24. The molecule has 0 aliphatic carbocycles. The van der Waals surface area contributed by atoms with E-state index >= 15 is 0 Å². The molecular formula is C5H7N5O6. The molecule has 0 aromatic heterocycles. The molecule has 0 spiro atoms. The molecule has 0 bridgehead atoms. The Morgan fingerprint density at radius 2 is 1.75 bits per heavy atom. The summed E-state index contributed by atoms with van der Waals surface area (Å²) in [6.45, 7) is 0.103. The zero-order valence-corrected chi connectivity index (χ0v) is 7.86. The second-order valence-corrected chi connectivity index (χ2v) is 2.83. The quantitative estimate of drug-likeness (QED) is 0.490. The average molecular weight is 233 g/mol. The number of hydrazine groups is 1. The van der Waals surface area contributed by atoms with Crippen LogP contribution in [-0.2, 0) is 0 Å². The van der Waals surface area contributed by atoms with Crippen molar-refractivity contribution in [2.45, 2.75) is 6.42 Å². The summed E-state index contributed by atoms with van der Waals surface area (Å²) in [7, 11) is 0. The molecule has 11 heteroatoms. The van der Waals surface area contributed by atoms with Crippen LogP contribution < -0.4 is 5.32 Å². The molecular weight excluding hydrogens is 226 g/mol. The normalized spacial score (nSPS) is 15.2. The lowest BCUT2D eigenvalue weighted by atomic mass is 10.3. The summed E-state index contributed by atoms with van der Waals surface area (Å²) in [6, 6.07) is 0. The highest BCUT2D eigenvalue weighted by Gasteiger charge is 2.42. The third-order valence-corrected chi connectivity index (χ3v) is 1.85. The van der Waals surface area contributed by atoms with Gasteiger partial charge in [0.05, 0.1) is 6.54 Å². The van der Waals surface area contributed by atoms with E-state index in [-0.39, 0.29) is 13.1 Å². The van der Waals surface area contributed by atoms with E-state index in [1.807, 2.05) is 0 Å². The van der Waals surface area contributed by atoms with E-state index in [1.54, 1.807) is 0 Å². The highest BCUT2D eigenvalue weighted by Crippen LogP contribution is 2.13. The van der Waals surface area contributed by atoms with E-state index in [2.05, 4.69) is 5.32 Å². The monoisotopic (exact) mass is 233 g/mol. The maximum atomic E-state index is 10.5. The van der Waals surface area contributed by atoms with Crippen molar-refractivity contribution in [2.75, 3.05) is 13.1 Å². The minimum Gasteiger partial charge on any atom is -0.355 e. The second-order valence-electron chi connectivity index (χ2n) is 2.83. The van der Waals surface area contributed by atoms with E-state index < -0.39 is 26.5 Å². The molecule has 1 rings (SSSR count). The summed E-state index contributed by atoms with van der Waals surface area (Å²) in [5, 5.41) is 33.1. The summed E-state index contributed by atoms with van der Waals surface area (Å²) in [5.41, 5.74) is 0. The summed E-state index contributed by atoms with van der Waals surface area (Å²) >= 11 is 0. The topological polar surface area (TPSA) is 145 Å². The van der Waals surface area contributed by atoms with Gasteiger partial charge in [0.2, 0.25) is 0 Å². The van der Waals surface area contributed by atoms with Gasteiger partial charge in [-0.3, -0.25) is 20.2 Å². The van der Waals surface area contributed by atoms with Crippen molar-refractivity contribution >= 4 is 0 Å². The molecule has 16 heavy (non-hydrogen) atoms. The number of hydrogen-bond acceptors (Lipinski definition) is 7. The van der Waals surface area contributed by atoms with Crippen molar-refractivity contribution in [3.05, 3.63) is 42.0 Å². The third kappa shape index (κ3) is 2.13. The molecule has 0 amide bonds. The minimum absolute atomic E-state index is 0.111. The third-order valence-electron chi connectivity index (χ3n) is 1.85. The van der Waals surface area contributed by atoms with Gasteiger partial charge in [0.25, 0.3) is 0 Å². The van der Waals surface area contributed by atoms with Crippen LogP contribution >= 0.6 is 0 Å². The van der Waals surface area contributed by atoms with Gasteiger partial charge in [-0.1, -0.05) is 5.01 Å². The molecule has 0 radical (unpaired) electrons. The van der Waals surface area contributed by atoms with Gasteiger partial charge in [-0.15, -0.1) is 0 Å². The van der Waals surface area contributed by atoms with Gasteiger partial charge < -0.3 is 5.32 Å². The van der Waals surface area contributed by atoms with Crippen LogP contribution in [0, 0.1) is 30.3 Å². The zero-order valence-electron chi connectivity index (χ0n) is 7.86. The molecule has 1 saturated heterocycles. The van der Waals surface area contributed by atoms with Crippen molar-refractivity contribution in [1.82, 2.24) is 10.3 Å². The smallest absolute Gasteiger partial charge is 0.355 e. The van der Waals surface area contributed by atoms with E-state index in [4.69, 9.17) is 0 Å². The highest BCUT2D eigenvalue weighted by molar-refractivity contribution is 4.99. The van der Waals surface area contributed by atoms with Crippen molar-refractivity contribution in [2.24, 2.45) is 0 Å². The Hall–Kier alpha value is -2.46. The lowest BCUT2D eigenvalue weighted by molar-refractivity contribution is -0.662. The van der Waals surface area contributed by atoms with Crippen molar-refractivity contribution in [3.63, 3.8) is 0 Å². The lowest BCUT2D eigenvalue weighted by Crippen LogP contribution is -2.45. The Morgan fingerprint density at radius 3 is 2.19 bits per heavy atom. The average Bonchev–Trinajstić information content (AvgIpc) is 2.17. The van der Waals surface area contributed by atoms with Gasteiger partial charge in [0.1, 0.15) is 9.85 Å². The SMILES string of the molecule is O=[N+]([O-])C(=C1NCCCN1[N+](=O)[O-])[N+](=O)[O-]. The van der Waals surface area contributed by atoms with Crippen molar-refractivity contribution in [1.29, 1.82) is 0 Å². The van der Waals surface area contributed by atoms with Crippen LogP contribution in [0.5, 0.6) is 0 Å². The molecule has 1 aliphatic rings. The first-order valence-corrected chi connectivity index (χ1v) is 4.14. The summed E-state index contributed by atoms with van der Waals surface area (Å²) < 4.78 is 0. The predicted octanol–water partition coefficient (Wildman–Crippen LogP) is -0.847. The first-order valence-electron chi connectivity index (χ1n) is 4.14. The Kier molecular flexibility index (Phi) is 3.17. The zero-order chi connectivity index (χ0) is 12.3. The van der Waals surface area contributed by atoms with Gasteiger partial charge in [-0.2, -0.15) is 0 Å². The molecule has 1 fully saturated rings. The molecule has 1 heterocycles. The molecule has 0 aromatic carbocycles. The minimum atomic E-state index is -1.42. The van der Waals surface area contributed by atoms with Crippen LogP contribution in [0.2, 0.25) is 0 Å². The Labute approximate surface area is 87.7 Å². The highest BCUT2D eigenvalue weighted by atomic mass is 16.7. The van der Waals surface area contributed by atoms with Gasteiger partial charge in [-0.25, -0.2) is 10.1 Å². The molecule has 0 unspecified atom stereocenters. The van der Waals surface area contributed by atoms with Gasteiger partial charge in [0, 0.05) is 6.54 Å². The number of rotatable bonds is 3. The Morgan fingerprint density at radius 1 is 1.19 bits per heavy atom. The number of nitro groups is 3. The largest absolute Gasteiger partial charge is 0.605 e. The second kappa shape index (κ2) is 4.37. The van der Waals surface area contributed by atoms with Crippen molar-refractivity contribution < 1.29 is 14.9 Å². The van der Waals surface area contributed by atoms with Gasteiger partial charge >= 0.3 is 11.6 Å². The maximum absolute atomic E-state index is 10.5. The van der Waals surface area contributed by atoms with Gasteiger partial charge in [0.15, 0.2) is 5.03 Å². The number of nitrogens with zero attached hydrogens (tertiary/aromatic N) is 4. The van der Waals surface area contributed by atoms with Crippen LogP contribution in [0.25, 0.3) is 0 Å². The summed E-state index contributed by atoms with van der Waals surface area (Å²) in [6.07, 6.45) is 0.368. The molecule has 1 N–H and O–H groups in total. The molecule has 0 atom stereocenters. The predicted molar refractivity (Wildman–Crippen MR) is 47.3 cm³/mol. The molecule has 88 valence electrons. The lowest BCUT2D eigenvalue weighted by Gasteiger charge is -2.20. The van der Waals surface area contributed by atoms with Crippen molar-refractivity contribution in [3.8, 4) is 0 Å². The standard InChI is InChI=1S/C5H7N5O6/c11-8(12)5(9(13)14)4-6-2-1-3-7(4)10(15)16/h6H,1-3H2. The first-order chi connectivity index (χ1) is 7.45. The van der Waals surface area contributed by atoms with Gasteiger partial charge in [-0.05, 0) is 6.42 Å². The van der Waals surface area contributed by atoms with Crippen LogP contribution in [0.4, 0.5) is 0 Å². The Balaban J connectivity index is 3.21. The first kappa shape index (κ1) is 11.6. The van der Waals surface area contributed by atoms with Crippen LogP contribution in [0.15, 0.2) is 11.6 Å². The molecule has 11 nitrogen and oxygen atoms in total. The number of hydrogen-bond donors (Lipinski definition) is 1. The fraction of sp³-hybridized carbons (Fsp3) is 0.600. The summed E-state index contributed by atoms with van der Waals surface area (Å²) in [5.74, 6) is -2.11. The molecule has 0 saturated carbocycles. The van der Waals surface area contributed by atoms with Crippen LogP contribution in [0.1, 0.15) is 6.42 Å². The number of nitrogens with one attached hydrogen (secondary N) is 1. The van der Waals surface area contributed by atoms with E-state index in [9.17, 15) is 30.3 Å². The summed E-state index contributed by atoms with van der Waals surface area (Å²) in [4.78, 5) is 28.9. The van der Waals surface area contributed by atoms with Crippen LogP contribution in [0.3, 0.4) is 0 Å². The maximum Gasteiger partial charge on any atom is 0.605 e. The van der Waals surface area contributed by atoms with E-state index in [0.717, 1.165) is 0 Å². The Bertz CT molecular complexity index is 362. The fourth-order valence-electron chi connectivity index (χ4n) is 1.24. The molecule has 0 aromatic rings. The van der Waals surface area contributed by atoms with Crippen LogP contribution in [-0.4, -0.2) is 33.0 Å².